The Hall–Kier alpha value is -1.64. The van der Waals surface area contributed by atoms with Crippen molar-refractivity contribution in [2.45, 2.75) is 20.0 Å². The summed E-state index contributed by atoms with van der Waals surface area (Å²) in [4.78, 5) is 11.0. The second kappa shape index (κ2) is 4.73. The van der Waals surface area contributed by atoms with E-state index in [1.54, 1.807) is 13.0 Å². The Labute approximate surface area is 88.4 Å². The second-order valence-electron chi connectivity index (χ2n) is 3.26. The molecule has 0 aromatic heterocycles. The summed E-state index contributed by atoms with van der Waals surface area (Å²) in [5, 5.41) is 0. The molecule has 0 heterocycles. The maximum atomic E-state index is 13.4. The normalized spacial score (nSPS) is 11.9. The van der Waals surface area contributed by atoms with Crippen LogP contribution in [0.1, 0.15) is 24.2 Å². The molecule has 0 saturated heterocycles. The van der Waals surface area contributed by atoms with Crippen LogP contribution >= 0.6 is 0 Å². The lowest BCUT2D eigenvalue weighted by molar-refractivity contribution is 0.101. The molecule has 80 valence electrons. The van der Waals surface area contributed by atoms with Crippen LogP contribution in [-0.4, -0.2) is 11.9 Å². The van der Waals surface area contributed by atoms with Crippen LogP contribution in [0.5, 0.6) is 5.75 Å². The van der Waals surface area contributed by atoms with E-state index < -0.39 is 5.82 Å². The van der Waals surface area contributed by atoms with Crippen molar-refractivity contribution in [1.82, 2.24) is 0 Å². The molecule has 0 fully saturated rings. The zero-order valence-corrected chi connectivity index (χ0v) is 8.79. The van der Waals surface area contributed by atoms with Crippen LogP contribution in [0, 0.1) is 5.82 Å². The molecule has 1 atom stereocenters. The zero-order chi connectivity index (χ0) is 11.4. The Morgan fingerprint density at radius 1 is 1.60 bits per heavy atom. The summed E-state index contributed by atoms with van der Waals surface area (Å²) in [5.41, 5.74) is 0.339. The molecule has 0 aliphatic rings. The molecule has 0 radical (unpaired) electrons. The monoisotopic (exact) mass is 208 g/mol. The van der Waals surface area contributed by atoms with E-state index in [0.29, 0.717) is 5.56 Å². The van der Waals surface area contributed by atoms with Gasteiger partial charge in [-0.25, -0.2) is 4.39 Å². The van der Waals surface area contributed by atoms with Crippen LogP contribution in [0.25, 0.3) is 0 Å². The van der Waals surface area contributed by atoms with Gasteiger partial charge >= 0.3 is 0 Å². The highest BCUT2D eigenvalue weighted by molar-refractivity contribution is 5.94. The molecule has 2 nitrogen and oxygen atoms in total. The number of hydrogen-bond donors (Lipinski definition) is 0. The van der Waals surface area contributed by atoms with E-state index in [-0.39, 0.29) is 17.6 Å². The molecule has 1 aromatic rings. The average Bonchev–Trinajstić information content (AvgIpc) is 2.20. The van der Waals surface area contributed by atoms with Crippen molar-refractivity contribution in [3.05, 3.63) is 42.2 Å². The Morgan fingerprint density at radius 3 is 2.73 bits per heavy atom. The van der Waals surface area contributed by atoms with Gasteiger partial charge in [0.25, 0.3) is 0 Å². The van der Waals surface area contributed by atoms with Gasteiger partial charge in [0.15, 0.2) is 17.3 Å². The Bertz CT molecular complexity index is 385. The van der Waals surface area contributed by atoms with Gasteiger partial charge in [-0.15, -0.1) is 0 Å². The van der Waals surface area contributed by atoms with Crippen LogP contribution in [0.2, 0.25) is 0 Å². The quantitative estimate of drug-likeness (QED) is 0.561. The third-order valence-electron chi connectivity index (χ3n) is 1.98. The number of carbonyl (C=O) groups is 1. The molecule has 15 heavy (non-hydrogen) atoms. The third-order valence-corrected chi connectivity index (χ3v) is 1.98. The Kier molecular flexibility index (Phi) is 3.61. The van der Waals surface area contributed by atoms with Crippen molar-refractivity contribution in [2.75, 3.05) is 0 Å². The van der Waals surface area contributed by atoms with E-state index >= 15 is 0 Å². The Morgan fingerprint density at radius 2 is 2.27 bits per heavy atom. The first-order chi connectivity index (χ1) is 7.04. The lowest BCUT2D eigenvalue weighted by Crippen LogP contribution is -2.09. The predicted octanol–water partition coefficient (Wildman–Crippen LogP) is 2.98. The maximum Gasteiger partial charge on any atom is 0.165 e. The van der Waals surface area contributed by atoms with Gasteiger partial charge in [-0.05, 0) is 32.0 Å². The number of benzene rings is 1. The van der Waals surface area contributed by atoms with Gasteiger partial charge in [-0.2, -0.15) is 0 Å². The molecule has 1 rings (SSSR count). The van der Waals surface area contributed by atoms with Gasteiger partial charge in [0.1, 0.15) is 6.10 Å². The van der Waals surface area contributed by atoms with Crippen molar-refractivity contribution >= 4 is 5.78 Å². The molecule has 0 aliphatic heterocycles. The fourth-order valence-electron chi connectivity index (χ4n) is 1.06. The van der Waals surface area contributed by atoms with E-state index in [9.17, 15) is 9.18 Å². The van der Waals surface area contributed by atoms with Gasteiger partial charge in [0.05, 0.1) is 0 Å². The van der Waals surface area contributed by atoms with Crippen molar-refractivity contribution in [3.63, 3.8) is 0 Å². The first-order valence-corrected chi connectivity index (χ1v) is 4.64. The highest BCUT2D eigenvalue weighted by Gasteiger charge is 2.08. The first kappa shape index (κ1) is 11.4. The van der Waals surface area contributed by atoms with Crippen LogP contribution in [0.3, 0.4) is 0 Å². The number of Topliss-reactive ketones (excluding diaryl/α,β-unsaturated/α-hetero) is 1. The van der Waals surface area contributed by atoms with Crippen molar-refractivity contribution in [2.24, 2.45) is 0 Å². The topological polar surface area (TPSA) is 26.3 Å². The number of rotatable bonds is 4. The van der Waals surface area contributed by atoms with E-state index in [4.69, 9.17) is 4.74 Å². The van der Waals surface area contributed by atoms with Crippen molar-refractivity contribution in [3.8, 4) is 5.75 Å². The Balaban J connectivity index is 2.93. The molecule has 0 amide bonds. The summed E-state index contributed by atoms with van der Waals surface area (Å²) >= 11 is 0. The fourth-order valence-corrected chi connectivity index (χ4v) is 1.06. The number of ether oxygens (including phenoxy) is 1. The fraction of sp³-hybridized carbons (Fsp3) is 0.250. The van der Waals surface area contributed by atoms with E-state index in [1.807, 2.05) is 0 Å². The van der Waals surface area contributed by atoms with Gasteiger partial charge < -0.3 is 4.74 Å². The summed E-state index contributed by atoms with van der Waals surface area (Å²) in [7, 11) is 0. The predicted molar refractivity (Wildman–Crippen MR) is 56.7 cm³/mol. The minimum atomic E-state index is -0.531. The van der Waals surface area contributed by atoms with E-state index in [1.165, 1.54) is 25.1 Å². The molecule has 0 N–H and O–H groups in total. The van der Waals surface area contributed by atoms with Crippen molar-refractivity contribution < 1.29 is 13.9 Å². The number of halogens is 1. The van der Waals surface area contributed by atoms with Crippen LogP contribution in [0.4, 0.5) is 4.39 Å². The highest BCUT2D eigenvalue weighted by atomic mass is 19.1. The van der Waals surface area contributed by atoms with Gasteiger partial charge in [-0.3, -0.25) is 4.79 Å². The number of hydrogen-bond acceptors (Lipinski definition) is 2. The summed E-state index contributed by atoms with van der Waals surface area (Å²) in [6.45, 7) is 6.68. The number of carbonyl (C=O) groups excluding carboxylic acids is 1. The largest absolute Gasteiger partial charge is 0.484 e. The zero-order valence-electron chi connectivity index (χ0n) is 8.79. The third kappa shape index (κ3) is 2.91. The standard InChI is InChI=1S/C12H13FO2/c1-4-8(2)15-12-6-5-10(9(3)14)7-11(12)13/h4-8H,1H2,2-3H3. The SMILES string of the molecule is C=CC(C)Oc1ccc(C(C)=O)cc1F. The molecular weight excluding hydrogens is 195 g/mol. The lowest BCUT2D eigenvalue weighted by atomic mass is 10.1. The summed E-state index contributed by atoms with van der Waals surface area (Å²) in [5.74, 6) is -0.569. The molecule has 1 aromatic carbocycles. The molecule has 0 aliphatic carbocycles. The first-order valence-electron chi connectivity index (χ1n) is 4.64. The lowest BCUT2D eigenvalue weighted by Gasteiger charge is -2.11. The minimum absolute atomic E-state index is 0.132. The summed E-state index contributed by atoms with van der Waals surface area (Å²) < 4.78 is 18.6. The average molecular weight is 208 g/mol. The molecule has 0 spiro atoms. The van der Waals surface area contributed by atoms with Gasteiger partial charge in [-0.1, -0.05) is 12.7 Å². The molecule has 3 heteroatoms. The molecular formula is C12H13FO2. The number of ketones is 1. The van der Waals surface area contributed by atoms with Gasteiger partial charge in [0, 0.05) is 5.56 Å². The van der Waals surface area contributed by atoms with Crippen LogP contribution < -0.4 is 4.74 Å². The van der Waals surface area contributed by atoms with Crippen LogP contribution in [0.15, 0.2) is 30.9 Å². The highest BCUT2D eigenvalue weighted by Crippen LogP contribution is 2.20. The van der Waals surface area contributed by atoms with E-state index in [2.05, 4.69) is 6.58 Å². The van der Waals surface area contributed by atoms with Crippen LogP contribution in [-0.2, 0) is 0 Å². The van der Waals surface area contributed by atoms with E-state index in [0.717, 1.165) is 0 Å². The smallest absolute Gasteiger partial charge is 0.165 e. The maximum absolute atomic E-state index is 13.4. The van der Waals surface area contributed by atoms with Gasteiger partial charge in [0.2, 0.25) is 0 Å². The molecule has 0 bridgehead atoms. The molecule has 1 unspecified atom stereocenters. The van der Waals surface area contributed by atoms with Crippen molar-refractivity contribution in [1.29, 1.82) is 0 Å². The molecule has 0 saturated carbocycles. The minimum Gasteiger partial charge on any atom is -0.484 e. The summed E-state index contributed by atoms with van der Waals surface area (Å²) in [6, 6.07) is 4.16. The second-order valence-corrected chi connectivity index (χ2v) is 3.26. The summed E-state index contributed by atoms with van der Waals surface area (Å²) in [6.07, 6.45) is 1.31.